The second kappa shape index (κ2) is 3.31. The highest BCUT2D eigenvalue weighted by Crippen LogP contribution is 2.24. The lowest BCUT2D eigenvalue weighted by Gasteiger charge is -2.41. The van der Waals surface area contributed by atoms with Gasteiger partial charge in [-0.25, -0.2) is 9.80 Å². The molecule has 0 saturated carbocycles. The minimum atomic E-state index is -0.468. The summed E-state index contributed by atoms with van der Waals surface area (Å²) >= 11 is 0. The molecular formula is C8H17N3O. The van der Waals surface area contributed by atoms with Gasteiger partial charge in [-0.05, 0) is 26.7 Å². The molecule has 12 heavy (non-hydrogen) atoms. The minimum absolute atomic E-state index is 0.0489. The van der Waals surface area contributed by atoms with Gasteiger partial charge in [-0.3, -0.25) is 5.43 Å². The topological polar surface area (TPSA) is 58.4 Å². The van der Waals surface area contributed by atoms with Crippen molar-refractivity contribution in [2.45, 2.75) is 38.6 Å². The fourth-order valence-corrected chi connectivity index (χ4v) is 1.61. The Kier molecular flexibility index (Phi) is 2.57. The Bertz CT molecular complexity index is 179. The summed E-state index contributed by atoms with van der Waals surface area (Å²) in [7, 11) is 0. The number of primary amides is 1. The van der Waals surface area contributed by atoms with Crippen LogP contribution in [0.2, 0.25) is 0 Å². The summed E-state index contributed by atoms with van der Waals surface area (Å²) in [5.74, 6) is 0. The van der Waals surface area contributed by atoms with Crippen molar-refractivity contribution >= 4 is 6.03 Å². The molecule has 0 aromatic heterocycles. The van der Waals surface area contributed by atoms with Crippen LogP contribution in [-0.4, -0.2) is 23.1 Å². The number of urea groups is 1. The summed E-state index contributed by atoms with van der Waals surface area (Å²) in [6.45, 7) is 5.13. The SMILES string of the molecule is CC1(C)CCCCN1NC(N)=O. The van der Waals surface area contributed by atoms with Gasteiger partial charge in [0.05, 0.1) is 0 Å². The Balaban J connectivity index is 2.54. The standard InChI is InChI=1S/C8H17N3O/c1-8(2)5-3-4-6-11(8)10-7(9)12/h3-6H2,1-2H3,(H3,9,10,12). The van der Waals surface area contributed by atoms with E-state index >= 15 is 0 Å². The van der Waals surface area contributed by atoms with E-state index in [1.54, 1.807) is 0 Å². The lowest BCUT2D eigenvalue weighted by molar-refractivity contribution is 0.0394. The lowest BCUT2D eigenvalue weighted by Crippen LogP contribution is -2.57. The number of nitrogens with one attached hydrogen (secondary N) is 1. The van der Waals surface area contributed by atoms with Gasteiger partial charge in [-0.15, -0.1) is 0 Å². The maximum absolute atomic E-state index is 10.6. The molecule has 0 atom stereocenters. The molecule has 4 nitrogen and oxygen atoms in total. The van der Waals surface area contributed by atoms with E-state index in [1.807, 2.05) is 5.01 Å². The first-order valence-electron chi connectivity index (χ1n) is 4.36. The van der Waals surface area contributed by atoms with Gasteiger partial charge in [0.2, 0.25) is 0 Å². The van der Waals surface area contributed by atoms with Crippen LogP contribution in [0.4, 0.5) is 4.79 Å². The third-order valence-electron chi connectivity index (χ3n) is 2.40. The summed E-state index contributed by atoms with van der Waals surface area (Å²) < 4.78 is 0. The number of nitrogens with zero attached hydrogens (tertiary/aromatic N) is 1. The number of rotatable bonds is 1. The second-order valence-corrected chi connectivity index (χ2v) is 3.90. The summed E-state index contributed by atoms with van der Waals surface area (Å²) in [5, 5.41) is 1.93. The average Bonchev–Trinajstić information content (AvgIpc) is 1.92. The Labute approximate surface area is 73.1 Å². The first-order chi connectivity index (χ1) is 5.52. The normalized spacial score (nSPS) is 23.5. The number of carbonyl (C=O) groups is 1. The molecule has 3 N–H and O–H groups in total. The predicted molar refractivity (Wildman–Crippen MR) is 47.4 cm³/mol. The summed E-state index contributed by atoms with van der Waals surface area (Å²) in [6.07, 6.45) is 3.46. The van der Waals surface area contributed by atoms with E-state index in [0.29, 0.717) is 0 Å². The minimum Gasteiger partial charge on any atom is -0.351 e. The smallest absolute Gasteiger partial charge is 0.326 e. The molecule has 0 aliphatic carbocycles. The number of piperidine rings is 1. The van der Waals surface area contributed by atoms with Crippen LogP contribution < -0.4 is 11.2 Å². The number of amides is 2. The van der Waals surface area contributed by atoms with Crippen LogP contribution in [0.3, 0.4) is 0 Å². The lowest BCUT2D eigenvalue weighted by atomic mass is 9.92. The zero-order chi connectivity index (χ0) is 9.19. The van der Waals surface area contributed by atoms with Crippen molar-refractivity contribution < 1.29 is 4.79 Å². The van der Waals surface area contributed by atoms with Gasteiger partial charge in [0.1, 0.15) is 0 Å². The van der Waals surface area contributed by atoms with Crippen LogP contribution in [0.15, 0.2) is 0 Å². The molecule has 70 valence electrons. The fraction of sp³-hybridized carbons (Fsp3) is 0.875. The highest BCUT2D eigenvalue weighted by atomic mass is 16.2. The van der Waals surface area contributed by atoms with Crippen LogP contribution in [0.5, 0.6) is 0 Å². The third kappa shape index (κ3) is 2.11. The molecular weight excluding hydrogens is 154 g/mol. The van der Waals surface area contributed by atoms with Gasteiger partial charge in [-0.1, -0.05) is 6.42 Å². The zero-order valence-corrected chi connectivity index (χ0v) is 7.76. The van der Waals surface area contributed by atoms with Crippen LogP contribution in [0.25, 0.3) is 0 Å². The number of carbonyl (C=O) groups excluding carboxylic acids is 1. The van der Waals surface area contributed by atoms with Crippen molar-refractivity contribution in [3.63, 3.8) is 0 Å². The van der Waals surface area contributed by atoms with Gasteiger partial charge >= 0.3 is 6.03 Å². The first-order valence-corrected chi connectivity index (χ1v) is 4.36. The van der Waals surface area contributed by atoms with E-state index in [-0.39, 0.29) is 5.54 Å². The van der Waals surface area contributed by atoms with Gasteiger partial charge in [-0.2, -0.15) is 0 Å². The molecule has 4 heteroatoms. The quantitative estimate of drug-likeness (QED) is 0.614. The molecule has 1 fully saturated rings. The van der Waals surface area contributed by atoms with Crippen LogP contribution >= 0.6 is 0 Å². The molecule has 1 rings (SSSR count). The van der Waals surface area contributed by atoms with Crippen LogP contribution in [0, 0.1) is 0 Å². The van der Waals surface area contributed by atoms with E-state index < -0.39 is 6.03 Å². The molecule has 0 bridgehead atoms. The van der Waals surface area contributed by atoms with E-state index in [4.69, 9.17) is 5.73 Å². The monoisotopic (exact) mass is 171 g/mol. The molecule has 2 amide bonds. The second-order valence-electron chi connectivity index (χ2n) is 3.90. The summed E-state index contributed by atoms with van der Waals surface area (Å²) in [6, 6.07) is -0.468. The average molecular weight is 171 g/mol. The zero-order valence-electron chi connectivity index (χ0n) is 7.76. The molecule has 1 heterocycles. The van der Waals surface area contributed by atoms with Crippen LogP contribution in [0.1, 0.15) is 33.1 Å². The van der Waals surface area contributed by atoms with E-state index in [1.165, 1.54) is 6.42 Å². The number of hydrogen-bond acceptors (Lipinski definition) is 2. The largest absolute Gasteiger partial charge is 0.351 e. The molecule has 0 aromatic carbocycles. The van der Waals surface area contributed by atoms with Crippen molar-refractivity contribution in [1.29, 1.82) is 0 Å². The first kappa shape index (κ1) is 9.32. The van der Waals surface area contributed by atoms with E-state index in [2.05, 4.69) is 19.3 Å². The Hall–Kier alpha value is -0.770. The van der Waals surface area contributed by atoms with Crippen molar-refractivity contribution in [1.82, 2.24) is 10.4 Å². The van der Waals surface area contributed by atoms with Crippen molar-refractivity contribution in [2.24, 2.45) is 5.73 Å². The van der Waals surface area contributed by atoms with Crippen molar-refractivity contribution in [2.75, 3.05) is 6.54 Å². The predicted octanol–water partition coefficient (Wildman–Crippen LogP) is 0.834. The van der Waals surface area contributed by atoms with E-state index in [9.17, 15) is 4.79 Å². The van der Waals surface area contributed by atoms with Crippen molar-refractivity contribution in [3.8, 4) is 0 Å². The molecule has 0 aromatic rings. The molecule has 0 unspecified atom stereocenters. The van der Waals surface area contributed by atoms with Crippen LogP contribution in [-0.2, 0) is 0 Å². The van der Waals surface area contributed by atoms with Gasteiger partial charge in [0.15, 0.2) is 0 Å². The Morgan fingerprint density at radius 2 is 2.17 bits per heavy atom. The number of hydrogen-bond donors (Lipinski definition) is 2. The maximum Gasteiger partial charge on any atom is 0.326 e. The number of hydrazine groups is 1. The Morgan fingerprint density at radius 1 is 1.50 bits per heavy atom. The van der Waals surface area contributed by atoms with Gasteiger partial charge < -0.3 is 5.73 Å². The molecule has 1 aliphatic heterocycles. The summed E-state index contributed by atoms with van der Waals surface area (Å²) in [4.78, 5) is 10.6. The highest BCUT2D eigenvalue weighted by Gasteiger charge is 2.30. The fourth-order valence-electron chi connectivity index (χ4n) is 1.61. The molecule has 1 saturated heterocycles. The van der Waals surface area contributed by atoms with Gasteiger partial charge in [0.25, 0.3) is 0 Å². The Morgan fingerprint density at radius 3 is 2.67 bits per heavy atom. The molecule has 0 spiro atoms. The summed E-state index contributed by atoms with van der Waals surface area (Å²) in [5.41, 5.74) is 7.75. The third-order valence-corrected chi connectivity index (χ3v) is 2.40. The number of nitrogens with two attached hydrogens (primary N) is 1. The molecule has 1 aliphatic rings. The van der Waals surface area contributed by atoms with Crippen molar-refractivity contribution in [3.05, 3.63) is 0 Å². The highest BCUT2D eigenvalue weighted by molar-refractivity contribution is 5.71. The maximum atomic E-state index is 10.6. The van der Waals surface area contributed by atoms with Gasteiger partial charge in [0, 0.05) is 12.1 Å². The molecule has 0 radical (unpaired) electrons. The van der Waals surface area contributed by atoms with E-state index in [0.717, 1.165) is 19.4 Å².